The summed E-state index contributed by atoms with van der Waals surface area (Å²) in [5, 5.41) is 9.45. The van der Waals surface area contributed by atoms with Crippen molar-refractivity contribution in [3.05, 3.63) is 75.9 Å². The number of aliphatic hydroxyl groups is 1. The van der Waals surface area contributed by atoms with E-state index in [9.17, 15) is 14.7 Å². The third kappa shape index (κ3) is 4.02. The van der Waals surface area contributed by atoms with Crippen LogP contribution in [0.2, 0.25) is 0 Å². The van der Waals surface area contributed by atoms with Crippen LogP contribution in [0.15, 0.2) is 80.8 Å². The van der Waals surface area contributed by atoms with Crippen LogP contribution in [0.3, 0.4) is 0 Å². The molecule has 1 atom stereocenters. The molecule has 3 aliphatic rings. The van der Waals surface area contributed by atoms with E-state index in [1.165, 1.54) is 17.3 Å². The van der Waals surface area contributed by atoms with E-state index < -0.39 is 5.91 Å². The molecule has 3 N–H and O–H groups in total. The van der Waals surface area contributed by atoms with Crippen LogP contribution >= 0.6 is 11.8 Å². The van der Waals surface area contributed by atoms with Crippen molar-refractivity contribution in [2.24, 2.45) is 5.73 Å². The van der Waals surface area contributed by atoms with Crippen LogP contribution in [0.4, 0.5) is 0 Å². The molecule has 2 aliphatic carbocycles. The van der Waals surface area contributed by atoms with Crippen LogP contribution in [-0.2, 0) is 9.59 Å². The van der Waals surface area contributed by atoms with Gasteiger partial charge >= 0.3 is 0 Å². The van der Waals surface area contributed by atoms with E-state index in [1.54, 1.807) is 6.08 Å². The van der Waals surface area contributed by atoms with Gasteiger partial charge in [-0.15, -0.1) is 0 Å². The van der Waals surface area contributed by atoms with Gasteiger partial charge in [0, 0.05) is 39.7 Å². The van der Waals surface area contributed by atoms with Gasteiger partial charge in [0.25, 0.3) is 5.91 Å². The first-order valence-corrected chi connectivity index (χ1v) is 11.2. The predicted octanol–water partition coefficient (Wildman–Crippen LogP) is 3.83. The molecule has 5 nitrogen and oxygen atoms in total. The minimum atomic E-state index is -0.468. The standard InChI is InChI=1S/C24H26N2O3S/c25-23(28)20-12-10-16(11-13-22(20)30-17-6-2-1-3-7-17)26-21-9-5-4-8-18(21)19(14-15-27)24(26)29/h1-3,6-7,10-12,21,27H,4-5,8-9,13-15H2,(H2,25,28). The molecule has 156 valence electrons. The third-order valence-electron chi connectivity index (χ3n) is 5.86. The molecule has 1 unspecified atom stereocenters. The molecule has 2 amide bonds. The average molecular weight is 423 g/mol. The van der Waals surface area contributed by atoms with Gasteiger partial charge < -0.3 is 15.7 Å². The van der Waals surface area contributed by atoms with Crippen LogP contribution in [-0.4, -0.2) is 34.5 Å². The molecule has 0 aromatic heterocycles. The second kappa shape index (κ2) is 9.06. The summed E-state index contributed by atoms with van der Waals surface area (Å²) in [7, 11) is 0. The fourth-order valence-corrected chi connectivity index (χ4v) is 5.52. The number of hydrogen-bond acceptors (Lipinski definition) is 4. The fraction of sp³-hybridized carbons (Fsp3) is 0.333. The first-order chi connectivity index (χ1) is 14.6. The van der Waals surface area contributed by atoms with Crippen molar-refractivity contribution in [2.45, 2.75) is 49.5 Å². The maximum atomic E-state index is 13.2. The molecule has 6 heteroatoms. The number of amides is 2. The lowest BCUT2D eigenvalue weighted by molar-refractivity contribution is -0.125. The lowest BCUT2D eigenvalue weighted by Crippen LogP contribution is -2.35. The van der Waals surface area contributed by atoms with Gasteiger partial charge in [-0.1, -0.05) is 42.5 Å². The van der Waals surface area contributed by atoms with E-state index >= 15 is 0 Å². The lowest BCUT2D eigenvalue weighted by Gasteiger charge is -2.31. The molecule has 1 fully saturated rings. The highest BCUT2D eigenvalue weighted by molar-refractivity contribution is 8.03. The molecule has 0 bridgehead atoms. The van der Waals surface area contributed by atoms with Crippen molar-refractivity contribution >= 4 is 23.6 Å². The van der Waals surface area contributed by atoms with E-state index in [0.29, 0.717) is 18.4 Å². The number of carbonyl (C=O) groups excluding carboxylic acids is 2. The smallest absolute Gasteiger partial charge is 0.254 e. The largest absolute Gasteiger partial charge is 0.396 e. The predicted molar refractivity (Wildman–Crippen MR) is 118 cm³/mol. The van der Waals surface area contributed by atoms with Crippen molar-refractivity contribution in [3.8, 4) is 0 Å². The van der Waals surface area contributed by atoms with Gasteiger partial charge in [-0.3, -0.25) is 9.59 Å². The van der Waals surface area contributed by atoms with Crippen molar-refractivity contribution in [1.29, 1.82) is 0 Å². The molecule has 30 heavy (non-hydrogen) atoms. The summed E-state index contributed by atoms with van der Waals surface area (Å²) in [4.78, 5) is 29.1. The van der Waals surface area contributed by atoms with Crippen molar-refractivity contribution in [3.63, 3.8) is 0 Å². The Morgan fingerprint density at radius 2 is 2.00 bits per heavy atom. The van der Waals surface area contributed by atoms with E-state index in [1.807, 2.05) is 47.4 Å². The summed E-state index contributed by atoms with van der Waals surface area (Å²) in [5.41, 5.74) is 8.91. The Bertz CT molecular complexity index is 975. The van der Waals surface area contributed by atoms with Crippen molar-refractivity contribution in [1.82, 2.24) is 4.90 Å². The van der Waals surface area contributed by atoms with Crippen molar-refractivity contribution < 1.29 is 14.7 Å². The Labute approximate surface area is 181 Å². The molecule has 1 saturated carbocycles. The van der Waals surface area contributed by atoms with Gasteiger partial charge in [-0.2, -0.15) is 0 Å². The maximum Gasteiger partial charge on any atom is 0.254 e. The molecule has 4 rings (SSSR count). The number of carbonyl (C=O) groups is 2. The van der Waals surface area contributed by atoms with Crippen LogP contribution in [0.5, 0.6) is 0 Å². The minimum absolute atomic E-state index is 0.0124. The van der Waals surface area contributed by atoms with Gasteiger partial charge in [0.2, 0.25) is 5.91 Å². The molecule has 1 aromatic carbocycles. The number of aliphatic hydroxyl groups excluding tert-OH is 1. The van der Waals surface area contributed by atoms with Crippen molar-refractivity contribution in [2.75, 3.05) is 6.61 Å². The molecule has 0 saturated heterocycles. The van der Waals surface area contributed by atoms with E-state index in [0.717, 1.165) is 46.8 Å². The lowest BCUT2D eigenvalue weighted by atomic mass is 9.88. The number of fused-ring (bicyclic) bond motifs is 1. The molecule has 1 aromatic rings. The average Bonchev–Trinajstić information content (AvgIpc) is 2.88. The Morgan fingerprint density at radius 3 is 2.73 bits per heavy atom. The van der Waals surface area contributed by atoms with Crippen LogP contribution in [0.1, 0.15) is 38.5 Å². The van der Waals surface area contributed by atoms with Gasteiger partial charge in [0.05, 0.1) is 6.04 Å². The van der Waals surface area contributed by atoms with Crippen LogP contribution in [0, 0.1) is 0 Å². The first-order valence-electron chi connectivity index (χ1n) is 10.4. The summed E-state index contributed by atoms with van der Waals surface area (Å²) < 4.78 is 0. The van der Waals surface area contributed by atoms with Gasteiger partial charge in [-0.05, 0) is 55.5 Å². The topological polar surface area (TPSA) is 83.6 Å². The zero-order valence-electron chi connectivity index (χ0n) is 16.8. The molecule has 0 radical (unpaired) electrons. The zero-order chi connectivity index (χ0) is 21.1. The van der Waals surface area contributed by atoms with Gasteiger partial charge in [0.15, 0.2) is 0 Å². The number of rotatable bonds is 6. The van der Waals surface area contributed by atoms with Gasteiger partial charge in [0.1, 0.15) is 0 Å². The Morgan fingerprint density at radius 1 is 1.20 bits per heavy atom. The fourth-order valence-electron chi connectivity index (χ4n) is 4.49. The highest BCUT2D eigenvalue weighted by atomic mass is 32.2. The highest BCUT2D eigenvalue weighted by Gasteiger charge is 2.40. The number of hydrogen-bond donors (Lipinski definition) is 2. The second-order valence-electron chi connectivity index (χ2n) is 7.70. The monoisotopic (exact) mass is 422 g/mol. The number of thioether (sulfide) groups is 1. The number of primary amides is 1. The number of nitrogens with two attached hydrogens (primary N) is 1. The summed E-state index contributed by atoms with van der Waals surface area (Å²) in [6, 6.07) is 9.93. The number of benzene rings is 1. The Balaban J connectivity index is 1.63. The highest BCUT2D eigenvalue weighted by Crippen LogP contribution is 2.41. The SMILES string of the molecule is NC(=O)C1=C(Sc2ccccc2)CC=C(N2C(=O)C(CCO)=C3CCCCC32)C=C1. The molecular formula is C24H26N2O3S. The van der Waals surface area contributed by atoms with Gasteiger partial charge in [-0.25, -0.2) is 0 Å². The van der Waals surface area contributed by atoms with E-state index in [2.05, 4.69) is 0 Å². The van der Waals surface area contributed by atoms with E-state index in [-0.39, 0.29) is 18.6 Å². The normalized spacial score (nSPS) is 21.6. The maximum absolute atomic E-state index is 13.2. The Hall–Kier alpha value is -2.57. The van der Waals surface area contributed by atoms with Crippen LogP contribution in [0.25, 0.3) is 0 Å². The number of nitrogens with zero attached hydrogens (tertiary/aromatic N) is 1. The minimum Gasteiger partial charge on any atom is -0.396 e. The van der Waals surface area contributed by atoms with Crippen LogP contribution < -0.4 is 5.73 Å². The van der Waals surface area contributed by atoms with E-state index in [4.69, 9.17) is 5.73 Å². The summed E-state index contributed by atoms with van der Waals surface area (Å²) in [6.07, 6.45) is 10.5. The summed E-state index contributed by atoms with van der Waals surface area (Å²) >= 11 is 1.53. The quantitative estimate of drug-likeness (QED) is 0.730. The third-order valence-corrected chi connectivity index (χ3v) is 7.00. The molecule has 0 spiro atoms. The second-order valence-corrected chi connectivity index (χ2v) is 8.87. The summed E-state index contributed by atoms with van der Waals surface area (Å²) in [6.45, 7) is -0.0226. The molecule has 1 aliphatic heterocycles. The Kier molecular flexibility index (Phi) is 6.25. The summed E-state index contributed by atoms with van der Waals surface area (Å²) in [5.74, 6) is -0.480. The molecular weight excluding hydrogens is 396 g/mol. The first kappa shape index (κ1) is 20.7. The number of allylic oxidation sites excluding steroid dienone is 3. The molecule has 1 heterocycles. The zero-order valence-corrected chi connectivity index (χ0v) is 17.7.